The van der Waals surface area contributed by atoms with Crippen molar-refractivity contribution >= 4 is 15.9 Å². The van der Waals surface area contributed by atoms with Crippen molar-refractivity contribution in [3.05, 3.63) is 28.2 Å². The van der Waals surface area contributed by atoms with Crippen molar-refractivity contribution in [3.63, 3.8) is 0 Å². The third-order valence-corrected chi connectivity index (χ3v) is 3.08. The average molecular weight is 316 g/mol. The average Bonchev–Trinajstić information content (AvgIpc) is 2.34. The fraction of sp³-hybridized carbons (Fsp3) is 0.571. The van der Waals surface area contributed by atoms with Gasteiger partial charge in [0.1, 0.15) is 5.75 Å². The van der Waals surface area contributed by atoms with Crippen LogP contribution in [0.4, 0.5) is 0 Å². The second-order valence-corrected chi connectivity index (χ2v) is 5.35. The summed E-state index contributed by atoms with van der Waals surface area (Å²) in [6.45, 7) is 6.56. The maximum absolute atomic E-state index is 5.67. The van der Waals surface area contributed by atoms with E-state index >= 15 is 0 Å². The molecule has 102 valence electrons. The van der Waals surface area contributed by atoms with Crippen LogP contribution in [0.25, 0.3) is 0 Å². The first-order valence-electron chi connectivity index (χ1n) is 6.27. The van der Waals surface area contributed by atoms with Crippen molar-refractivity contribution in [2.45, 2.75) is 32.9 Å². The highest BCUT2D eigenvalue weighted by atomic mass is 79.9. The van der Waals surface area contributed by atoms with Crippen LogP contribution in [-0.2, 0) is 11.3 Å². The number of hydrogen-bond acceptors (Lipinski definition) is 3. The minimum Gasteiger partial charge on any atom is -0.492 e. The molecule has 1 aromatic carbocycles. The van der Waals surface area contributed by atoms with E-state index in [9.17, 15) is 0 Å². The van der Waals surface area contributed by atoms with Crippen molar-refractivity contribution in [2.24, 2.45) is 0 Å². The smallest absolute Gasteiger partial charge is 0.133 e. The van der Waals surface area contributed by atoms with Crippen LogP contribution < -0.4 is 10.1 Å². The van der Waals surface area contributed by atoms with E-state index in [4.69, 9.17) is 9.47 Å². The Morgan fingerprint density at radius 3 is 2.67 bits per heavy atom. The molecule has 0 fully saturated rings. The lowest BCUT2D eigenvalue weighted by molar-refractivity contribution is 0.172. The van der Waals surface area contributed by atoms with Gasteiger partial charge in [-0.05, 0) is 33.6 Å². The zero-order chi connectivity index (χ0) is 13.4. The summed E-state index contributed by atoms with van der Waals surface area (Å²) in [5.41, 5.74) is 1.25. The Morgan fingerprint density at radius 1 is 1.28 bits per heavy atom. The topological polar surface area (TPSA) is 30.5 Å². The summed E-state index contributed by atoms with van der Waals surface area (Å²) in [6, 6.07) is 6.69. The number of benzene rings is 1. The molecule has 0 aliphatic rings. The Morgan fingerprint density at radius 2 is 2.06 bits per heavy atom. The summed E-state index contributed by atoms with van der Waals surface area (Å²) in [5.74, 6) is 0.888. The number of rotatable bonds is 8. The molecule has 0 bridgehead atoms. The molecule has 0 atom stereocenters. The van der Waals surface area contributed by atoms with Crippen LogP contribution in [0, 0.1) is 0 Å². The second kappa shape index (κ2) is 8.51. The number of nitrogens with one attached hydrogen (secondary N) is 1. The van der Waals surface area contributed by atoms with Crippen LogP contribution in [0.2, 0.25) is 0 Å². The Balaban J connectivity index is 2.46. The van der Waals surface area contributed by atoms with Gasteiger partial charge in [-0.3, -0.25) is 0 Å². The summed E-state index contributed by atoms with van der Waals surface area (Å²) < 4.78 is 11.7. The maximum atomic E-state index is 5.67. The van der Waals surface area contributed by atoms with Crippen LogP contribution in [0.1, 0.15) is 25.8 Å². The third-order valence-electron chi connectivity index (χ3n) is 2.46. The Labute approximate surface area is 118 Å². The Hall–Kier alpha value is -0.580. The molecule has 3 nitrogen and oxygen atoms in total. The largest absolute Gasteiger partial charge is 0.492 e. The van der Waals surface area contributed by atoms with Gasteiger partial charge >= 0.3 is 0 Å². The van der Waals surface area contributed by atoms with Gasteiger partial charge in [0.15, 0.2) is 0 Å². The van der Waals surface area contributed by atoms with Crippen molar-refractivity contribution in [1.82, 2.24) is 5.32 Å². The van der Waals surface area contributed by atoms with Gasteiger partial charge < -0.3 is 14.8 Å². The van der Waals surface area contributed by atoms with E-state index in [1.54, 1.807) is 7.11 Å². The minimum absolute atomic E-state index is 0.494. The molecule has 4 heteroatoms. The lowest BCUT2D eigenvalue weighted by Gasteiger charge is -2.11. The molecule has 0 aliphatic heterocycles. The highest BCUT2D eigenvalue weighted by Gasteiger charge is 2.03. The predicted molar refractivity (Wildman–Crippen MR) is 78.1 cm³/mol. The minimum atomic E-state index is 0.494. The van der Waals surface area contributed by atoms with Crippen molar-refractivity contribution in [3.8, 4) is 5.75 Å². The summed E-state index contributed by atoms with van der Waals surface area (Å²) >= 11 is 3.54. The molecule has 0 saturated carbocycles. The SMILES string of the molecule is COCCCOc1ccc(CNC(C)C)cc1Br. The summed E-state index contributed by atoms with van der Waals surface area (Å²) in [5, 5.41) is 3.39. The van der Waals surface area contributed by atoms with Gasteiger partial charge in [0.25, 0.3) is 0 Å². The Bertz CT molecular complexity index is 356. The van der Waals surface area contributed by atoms with Gasteiger partial charge in [0.2, 0.25) is 0 Å². The van der Waals surface area contributed by atoms with Crippen LogP contribution in [-0.4, -0.2) is 26.4 Å². The molecule has 0 aliphatic carbocycles. The normalized spacial score (nSPS) is 10.9. The summed E-state index contributed by atoms with van der Waals surface area (Å²) in [7, 11) is 1.70. The monoisotopic (exact) mass is 315 g/mol. The second-order valence-electron chi connectivity index (χ2n) is 4.50. The van der Waals surface area contributed by atoms with Gasteiger partial charge in [-0.15, -0.1) is 0 Å². The summed E-state index contributed by atoms with van der Waals surface area (Å²) in [6.07, 6.45) is 0.902. The molecule has 18 heavy (non-hydrogen) atoms. The zero-order valence-corrected chi connectivity index (χ0v) is 12.9. The molecule has 0 saturated heterocycles. The number of hydrogen-bond donors (Lipinski definition) is 1. The third kappa shape index (κ3) is 5.85. The fourth-order valence-electron chi connectivity index (χ4n) is 1.48. The van der Waals surface area contributed by atoms with Crippen LogP contribution in [0.15, 0.2) is 22.7 Å². The lowest BCUT2D eigenvalue weighted by atomic mass is 10.2. The molecule has 0 spiro atoms. The fourth-order valence-corrected chi connectivity index (χ4v) is 2.02. The molecule has 1 aromatic rings. The first-order valence-corrected chi connectivity index (χ1v) is 7.06. The molecule has 0 aromatic heterocycles. The molecule has 0 radical (unpaired) electrons. The van der Waals surface area contributed by atoms with Crippen molar-refractivity contribution in [1.29, 1.82) is 0 Å². The number of halogens is 1. The molecular weight excluding hydrogens is 294 g/mol. The number of ether oxygens (including phenoxy) is 2. The summed E-state index contributed by atoms with van der Waals surface area (Å²) in [4.78, 5) is 0. The standard InChI is InChI=1S/C14H22BrNO2/c1-11(2)16-10-12-5-6-14(13(15)9-12)18-8-4-7-17-3/h5-6,9,11,16H,4,7-8,10H2,1-3H3. The van der Waals surface area contributed by atoms with Crippen LogP contribution >= 0.6 is 15.9 Å². The molecule has 1 rings (SSSR count). The van der Waals surface area contributed by atoms with Crippen LogP contribution in [0.5, 0.6) is 5.75 Å². The van der Waals surface area contributed by atoms with Gasteiger partial charge in [-0.25, -0.2) is 0 Å². The van der Waals surface area contributed by atoms with Gasteiger partial charge in [0.05, 0.1) is 11.1 Å². The highest BCUT2D eigenvalue weighted by Crippen LogP contribution is 2.26. The Kier molecular flexibility index (Phi) is 7.32. The van der Waals surface area contributed by atoms with Crippen molar-refractivity contribution < 1.29 is 9.47 Å². The first kappa shape index (κ1) is 15.5. The van der Waals surface area contributed by atoms with E-state index in [0.717, 1.165) is 29.8 Å². The van der Waals surface area contributed by atoms with Gasteiger partial charge in [0, 0.05) is 32.7 Å². The van der Waals surface area contributed by atoms with Gasteiger partial charge in [-0.1, -0.05) is 19.9 Å². The first-order chi connectivity index (χ1) is 8.63. The van der Waals surface area contributed by atoms with E-state index in [2.05, 4.69) is 47.2 Å². The number of methoxy groups -OCH3 is 1. The highest BCUT2D eigenvalue weighted by molar-refractivity contribution is 9.10. The van der Waals surface area contributed by atoms with Crippen molar-refractivity contribution in [2.75, 3.05) is 20.3 Å². The van der Waals surface area contributed by atoms with E-state index in [1.807, 2.05) is 6.07 Å². The van der Waals surface area contributed by atoms with E-state index in [0.29, 0.717) is 12.6 Å². The molecule has 1 N–H and O–H groups in total. The van der Waals surface area contributed by atoms with E-state index in [1.165, 1.54) is 5.56 Å². The van der Waals surface area contributed by atoms with Crippen LogP contribution in [0.3, 0.4) is 0 Å². The predicted octanol–water partition coefficient (Wildman–Crippen LogP) is 3.36. The maximum Gasteiger partial charge on any atom is 0.133 e. The van der Waals surface area contributed by atoms with E-state index < -0.39 is 0 Å². The molecular formula is C14H22BrNO2. The molecule has 0 unspecified atom stereocenters. The zero-order valence-electron chi connectivity index (χ0n) is 11.3. The molecule has 0 heterocycles. The quantitative estimate of drug-likeness (QED) is 0.746. The van der Waals surface area contributed by atoms with E-state index in [-0.39, 0.29) is 0 Å². The van der Waals surface area contributed by atoms with Gasteiger partial charge in [-0.2, -0.15) is 0 Å². The lowest BCUT2D eigenvalue weighted by Crippen LogP contribution is -2.21. The molecule has 0 amide bonds.